The summed E-state index contributed by atoms with van der Waals surface area (Å²) in [7, 11) is 0. The largest absolute Gasteiger partial charge is 0.375 e. The van der Waals surface area contributed by atoms with Gasteiger partial charge in [0.25, 0.3) is 0 Å². The van der Waals surface area contributed by atoms with Gasteiger partial charge >= 0.3 is 0 Å². The molecule has 0 fully saturated rings. The quantitative estimate of drug-likeness (QED) is 0.680. The molecule has 1 aromatic carbocycles. The van der Waals surface area contributed by atoms with Crippen LogP contribution in [0.4, 0.5) is 11.4 Å². The standard InChI is InChI=1S/C10H9N3S/c1-2-7-3-4-8-10(14-6-11-8)9(7)13-12-5-1/h1-5,11,13H,6H2. The molecule has 0 saturated heterocycles. The Labute approximate surface area is 86.3 Å². The minimum atomic E-state index is 0.945. The fourth-order valence-corrected chi connectivity index (χ4v) is 2.59. The van der Waals surface area contributed by atoms with Crippen LogP contribution in [0.2, 0.25) is 0 Å². The first-order valence-corrected chi connectivity index (χ1v) is 5.43. The molecular weight excluding hydrogens is 194 g/mol. The number of thioether (sulfide) groups is 1. The lowest BCUT2D eigenvalue weighted by atomic mass is 10.1. The number of allylic oxidation sites excluding steroid dienone is 1. The minimum absolute atomic E-state index is 0.945. The molecule has 3 nitrogen and oxygen atoms in total. The third kappa shape index (κ3) is 1.11. The zero-order chi connectivity index (χ0) is 9.38. The number of hydrogen-bond acceptors (Lipinski definition) is 4. The summed E-state index contributed by atoms with van der Waals surface area (Å²) in [6, 6.07) is 4.22. The molecule has 3 rings (SSSR count). The van der Waals surface area contributed by atoms with Crippen molar-refractivity contribution in [2.45, 2.75) is 4.90 Å². The Morgan fingerprint density at radius 2 is 2.36 bits per heavy atom. The summed E-state index contributed by atoms with van der Waals surface area (Å²) < 4.78 is 0. The highest BCUT2D eigenvalue weighted by Gasteiger charge is 2.17. The van der Waals surface area contributed by atoms with Gasteiger partial charge in [0.2, 0.25) is 0 Å². The number of nitrogens with one attached hydrogen (secondary N) is 2. The van der Waals surface area contributed by atoms with Gasteiger partial charge in [-0.05, 0) is 12.1 Å². The van der Waals surface area contributed by atoms with Crippen LogP contribution in [0, 0.1) is 0 Å². The highest BCUT2D eigenvalue weighted by atomic mass is 32.2. The summed E-state index contributed by atoms with van der Waals surface area (Å²) in [4.78, 5) is 1.27. The van der Waals surface area contributed by atoms with Gasteiger partial charge in [0.1, 0.15) is 0 Å². The first-order valence-electron chi connectivity index (χ1n) is 4.44. The number of fused-ring (bicyclic) bond motifs is 3. The maximum absolute atomic E-state index is 4.09. The highest BCUT2D eigenvalue weighted by Crippen LogP contribution is 2.42. The molecule has 2 heterocycles. The second kappa shape index (κ2) is 3.06. The van der Waals surface area contributed by atoms with E-state index in [1.165, 1.54) is 16.1 Å². The van der Waals surface area contributed by atoms with E-state index in [2.05, 4.69) is 34.1 Å². The number of rotatable bonds is 0. The van der Waals surface area contributed by atoms with Crippen LogP contribution >= 0.6 is 11.8 Å². The molecule has 4 heteroatoms. The second-order valence-electron chi connectivity index (χ2n) is 3.12. The molecule has 0 amide bonds. The van der Waals surface area contributed by atoms with E-state index in [0.717, 1.165) is 11.6 Å². The lowest BCUT2D eigenvalue weighted by Crippen LogP contribution is -1.93. The van der Waals surface area contributed by atoms with Gasteiger partial charge in [-0.2, -0.15) is 5.10 Å². The number of anilines is 2. The number of nitrogens with zero attached hydrogens (tertiary/aromatic N) is 1. The van der Waals surface area contributed by atoms with Crippen molar-refractivity contribution in [2.24, 2.45) is 5.10 Å². The molecule has 0 spiro atoms. The zero-order valence-corrected chi connectivity index (χ0v) is 8.27. The van der Waals surface area contributed by atoms with E-state index in [9.17, 15) is 0 Å². The third-order valence-corrected chi connectivity index (χ3v) is 3.28. The normalized spacial score (nSPS) is 16.6. The molecule has 1 aromatic rings. The van der Waals surface area contributed by atoms with E-state index in [1.807, 2.05) is 17.8 Å². The lowest BCUT2D eigenvalue weighted by molar-refractivity contribution is 1.29. The van der Waals surface area contributed by atoms with Crippen LogP contribution in [-0.2, 0) is 0 Å². The molecule has 2 aliphatic heterocycles. The number of hydrazone groups is 1. The van der Waals surface area contributed by atoms with Crippen LogP contribution in [-0.4, -0.2) is 12.1 Å². The smallest absolute Gasteiger partial charge is 0.0791 e. The molecule has 2 aliphatic rings. The lowest BCUT2D eigenvalue weighted by Gasteiger charge is -2.08. The van der Waals surface area contributed by atoms with Gasteiger partial charge in [0, 0.05) is 11.8 Å². The predicted molar refractivity (Wildman–Crippen MR) is 61.9 cm³/mol. The molecule has 0 unspecified atom stereocenters. The molecule has 0 bridgehead atoms. The minimum Gasteiger partial charge on any atom is -0.375 e. The molecular formula is C10H9N3S. The van der Waals surface area contributed by atoms with Gasteiger partial charge in [-0.15, -0.1) is 11.8 Å². The van der Waals surface area contributed by atoms with E-state index in [-0.39, 0.29) is 0 Å². The molecule has 0 atom stereocenters. The van der Waals surface area contributed by atoms with Crippen LogP contribution in [0.15, 0.2) is 28.2 Å². The Morgan fingerprint density at radius 3 is 3.36 bits per heavy atom. The molecule has 0 aromatic heterocycles. The summed E-state index contributed by atoms with van der Waals surface area (Å²) in [6.45, 7) is 0. The Balaban J connectivity index is 2.22. The van der Waals surface area contributed by atoms with Crippen molar-refractivity contribution in [3.05, 3.63) is 23.8 Å². The Bertz CT molecular complexity index is 437. The van der Waals surface area contributed by atoms with E-state index < -0.39 is 0 Å². The summed E-state index contributed by atoms with van der Waals surface area (Å²) in [5.41, 5.74) is 6.58. The van der Waals surface area contributed by atoms with Crippen molar-refractivity contribution in [3.8, 4) is 0 Å². The molecule has 70 valence electrons. The van der Waals surface area contributed by atoms with Crippen molar-refractivity contribution in [1.82, 2.24) is 0 Å². The van der Waals surface area contributed by atoms with Crippen LogP contribution in [0.5, 0.6) is 0 Å². The van der Waals surface area contributed by atoms with Crippen LogP contribution in [0.25, 0.3) is 6.08 Å². The number of benzene rings is 1. The van der Waals surface area contributed by atoms with Gasteiger partial charge in [-0.3, -0.25) is 5.43 Å². The first-order chi connectivity index (χ1) is 6.95. The second-order valence-corrected chi connectivity index (χ2v) is 4.11. The zero-order valence-electron chi connectivity index (χ0n) is 7.45. The Hall–Kier alpha value is -1.42. The Kier molecular flexibility index (Phi) is 1.73. The van der Waals surface area contributed by atoms with Crippen LogP contribution in [0.1, 0.15) is 5.56 Å². The summed E-state index contributed by atoms with van der Waals surface area (Å²) in [5.74, 6) is 0.945. The topological polar surface area (TPSA) is 36.4 Å². The van der Waals surface area contributed by atoms with E-state index >= 15 is 0 Å². The van der Waals surface area contributed by atoms with Gasteiger partial charge in [0.05, 0.1) is 22.1 Å². The molecule has 14 heavy (non-hydrogen) atoms. The average Bonchev–Trinajstić information content (AvgIpc) is 2.55. The molecule has 2 N–H and O–H groups in total. The first kappa shape index (κ1) is 7.94. The van der Waals surface area contributed by atoms with Crippen molar-refractivity contribution in [3.63, 3.8) is 0 Å². The van der Waals surface area contributed by atoms with E-state index in [1.54, 1.807) is 6.21 Å². The highest BCUT2D eigenvalue weighted by molar-refractivity contribution is 8.00. The van der Waals surface area contributed by atoms with Gasteiger partial charge in [-0.25, -0.2) is 0 Å². The van der Waals surface area contributed by atoms with Crippen LogP contribution in [0.3, 0.4) is 0 Å². The van der Waals surface area contributed by atoms with Crippen LogP contribution < -0.4 is 10.7 Å². The fraction of sp³-hybridized carbons (Fsp3) is 0.100. The molecule has 0 aliphatic carbocycles. The van der Waals surface area contributed by atoms with E-state index in [0.29, 0.717) is 0 Å². The maximum Gasteiger partial charge on any atom is 0.0791 e. The summed E-state index contributed by atoms with van der Waals surface area (Å²) >= 11 is 1.81. The SMILES string of the molecule is C1=Cc2ccc3c(c2NN=C1)SCN3. The Morgan fingerprint density at radius 1 is 1.36 bits per heavy atom. The maximum atomic E-state index is 4.09. The van der Waals surface area contributed by atoms with Crippen molar-refractivity contribution in [2.75, 3.05) is 16.6 Å². The summed E-state index contributed by atoms with van der Waals surface area (Å²) in [5, 5.41) is 7.40. The molecule has 0 radical (unpaired) electrons. The van der Waals surface area contributed by atoms with Gasteiger partial charge < -0.3 is 5.32 Å². The van der Waals surface area contributed by atoms with Gasteiger partial charge in [-0.1, -0.05) is 12.1 Å². The van der Waals surface area contributed by atoms with E-state index in [4.69, 9.17) is 0 Å². The monoisotopic (exact) mass is 203 g/mol. The average molecular weight is 203 g/mol. The van der Waals surface area contributed by atoms with Crippen molar-refractivity contribution in [1.29, 1.82) is 0 Å². The molecule has 0 saturated carbocycles. The fourth-order valence-electron chi connectivity index (χ4n) is 1.62. The predicted octanol–water partition coefficient (Wildman–Crippen LogP) is 2.59. The van der Waals surface area contributed by atoms with Crippen molar-refractivity contribution >= 4 is 35.4 Å². The third-order valence-electron chi connectivity index (χ3n) is 2.28. The number of hydrogen-bond donors (Lipinski definition) is 2. The van der Waals surface area contributed by atoms with Gasteiger partial charge in [0.15, 0.2) is 0 Å². The summed E-state index contributed by atoms with van der Waals surface area (Å²) in [6.07, 6.45) is 5.77. The van der Waals surface area contributed by atoms with Crippen molar-refractivity contribution < 1.29 is 0 Å².